The number of benzene rings is 2. The molecule has 0 saturated carbocycles. The molecule has 2 heterocycles. The fourth-order valence-electron chi connectivity index (χ4n) is 4.33. The summed E-state index contributed by atoms with van der Waals surface area (Å²) in [7, 11) is 5.00. The maximum absolute atomic E-state index is 13.5. The third-order valence-electron chi connectivity index (χ3n) is 6.31. The summed E-state index contributed by atoms with van der Waals surface area (Å²) in [6.07, 6.45) is 4.21. The Morgan fingerprint density at radius 3 is 2.57 bits per heavy atom. The largest absolute Gasteiger partial charge is 0.493 e. The van der Waals surface area contributed by atoms with E-state index in [1.54, 1.807) is 43.6 Å². The van der Waals surface area contributed by atoms with Crippen LogP contribution in [0.3, 0.4) is 0 Å². The van der Waals surface area contributed by atoms with Gasteiger partial charge >= 0.3 is 0 Å². The van der Waals surface area contributed by atoms with E-state index >= 15 is 0 Å². The number of nitrogens with zero attached hydrogens (tertiary/aromatic N) is 3. The van der Waals surface area contributed by atoms with Crippen LogP contribution in [-0.2, 0) is 23.1 Å². The highest BCUT2D eigenvalue weighted by molar-refractivity contribution is 5.89. The topological polar surface area (TPSA) is 85.7 Å². The predicted molar refractivity (Wildman–Crippen MR) is 128 cm³/mol. The number of rotatable bonds is 9. The zero-order valence-electron chi connectivity index (χ0n) is 20.0. The van der Waals surface area contributed by atoms with Gasteiger partial charge in [0.1, 0.15) is 17.7 Å². The number of likely N-dealkylation sites (tertiary alicyclic amines) is 1. The van der Waals surface area contributed by atoms with E-state index in [-0.39, 0.29) is 24.1 Å². The van der Waals surface area contributed by atoms with Crippen LogP contribution < -0.4 is 14.8 Å². The number of carbonyl (C=O) groups excluding carboxylic acids is 2. The van der Waals surface area contributed by atoms with Gasteiger partial charge in [-0.25, -0.2) is 9.37 Å². The molecule has 1 N–H and O–H groups in total. The molecule has 1 aliphatic rings. The summed E-state index contributed by atoms with van der Waals surface area (Å²) < 4.78 is 25.9. The second kappa shape index (κ2) is 10.6. The molecular weight excluding hydrogens is 451 g/mol. The maximum atomic E-state index is 13.5. The van der Waals surface area contributed by atoms with Crippen molar-refractivity contribution in [3.8, 4) is 11.5 Å². The molecule has 3 aromatic rings. The summed E-state index contributed by atoms with van der Waals surface area (Å²) in [6, 6.07) is 11.1. The third-order valence-corrected chi connectivity index (χ3v) is 6.31. The number of carbonyl (C=O) groups is 2. The van der Waals surface area contributed by atoms with Gasteiger partial charge in [-0.2, -0.15) is 0 Å². The van der Waals surface area contributed by atoms with E-state index in [2.05, 4.69) is 10.3 Å². The van der Waals surface area contributed by atoms with E-state index in [9.17, 15) is 14.0 Å². The van der Waals surface area contributed by atoms with Crippen molar-refractivity contribution in [1.29, 1.82) is 0 Å². The average Bonchev–Trinajstić information content (AvgIpc) is 3.46. The number of amides is 2. The molecule has 2 amide bonds. The number of ether oxygens (including phenoxy) is 2. The Kier molecular flexibility index (Phi) is 7.33. The van der Waals surface area contributed by atoms with Crippen LogP contribution in [0, 0.1) is 11.7 Å². The van der Waals surface area contributed by atoms with Gasteiger partial charge in [-0.3, -0.25) is 9.59 Å². The monoisotopic (exact) mass is 480 g/mol. The highest BCUT2D eigenvalue weighted by atomic mass is 19.1. The van der Waals surface area contributed by atoms with Gasteiger partial charge in [-0.05, 0) is 41.8 Å². The zero-order valence-corrected chi connectivity index (χ0v) is 20.0. The van der Waals surface area contributed by atoms with Gasteiger partial charge in [0.15, 0.2) is 11.5 Å². The number of imidazole rings is 1. The molecule has 2 aromatic carbocycles. The van der Waals surface area contributed by atoms with Crippen LogP contribution >= 0.6 is 0 Å². The Hall–Kier alpha value is -3.88. The lowest BCUT2D eigenvalue weighted by molar-refractivity contribution is -0.129. The molecule has 1 aliphatic heterocycles. The van der Waals surface area contributed by atoms with Crippen molar-refractivity contribution in [3.05, 3.63) is 77.6 Å². The fraction of sp³-hybridized carbons (Fsp3) is 0.346. The maximum Gasteiger partial charge on any atom is 0.226 e. The summed E-state index contributed by atoms with van der Waals surface area (Å²) in [5.41, 5.74) is 1.72. The summed E-state index contributed by atoms with van der Waals surface area (Å²) in [4.78, 5) is 31.9. The Labute approximate surface area is 203 Å². The van der Waals surface area contributed by atoms with Crippen molar-refractivity contribution in [1.82, 2.24) is 19.8 Å². The van der Waals surface area contributed by atoms with Crippen LogP contribution in [0.25, 0.3) is 0 Å². The molecule has 0 spiro atoms. The highest BCUT2D eigenvalue weighted by Crippen LogP contribution is 2.28. The molecule has 4 rings (SSSR count). The lowest BCUT2D eigenvalue weighted by Crippen LogP contribution is -2.37. The van der Waals surface area contributed by atoms with Crippen LogP contribution in [0.2, 0.25) is 0 Å². The normalized spacial score (nSPS) is 16.3. The molecule has 1 aromatic heterocycles. The van der Waals surface area contributed by atoms with E-state index in [1.165, 1.54) is 12.1 Å². The number of methoxy groups -OCH3 is 2. The number of nitrogens with one attached hydrogen (secondary N) is 1. The molecule has 184 valence electrons. The van der Waals surface area contributed by atoms with E-state index in [0.717, 1.165) is 5.56 Å². The third kappa shape index (κ3) is 5.45. The zero-order chi connectivity index (χ0) is 24.9. The van der Waals surface area contributed by atoms with Crippen molar-refractivity contribution in [3.63, 3.8) is 0 Å². The molecule has 8 nitrogen and oxygen atoms in total. The number of aromatic nitrogens is 2. The van der Waals surface area contributed by atoms with Gasteiger partial charge in [0, 0.05) is 39.0 Å². The highest BCUT2D eigenvalue weighted by Gasteiger charge is 2.35. The van der Waals surface area contributed by atoms with Crippen molar-refractivity contribution >= 4 is 11.8 Å². The number of hydrogen-bond donors (Lipinski definition) is 1. The number of halogens is 1. The van der Waals surface area contributed by atoms with Crippen molar-refractivity contribution in [2.45, 2.75) is 18.9 Å². The van der Waals surface area contributed by atoms with Crippen LogP contribution in [0.15, 0.2) is 54.9 Å². The lowest BCUT2D eigenvalue weighted by Gasteiger charge is -2.21. The molecule has 2 atom stereocenters. The first-order valence-electron chi connectivity index (χ1n) is 11.4. The average molecular weight is 481 g/mol. The molecule has 0 bridgehead atoms. The molecular formula is C26H29FN4O4. The van der Waals surface area contributed by atoms with Gasteiger partial charge in [0.05, 0.1) is 20.1 Å². The van der Waals surface area contributed by atoms with Crippen LogP contribution in [0.1, 0.15) is 29.4 Å². The smallest absolute Gasteiger partial charge is 0.226 e. The quantitative estimate of drug-likeness (QED) is 0.509. The lowest BCUT2D eigenvalue weighted by atomic mass is 10.0. The van der Waals surface area contributed by atoms with Crippen molar-refractivity contribution < 1.29 is 23.5 Å². The summed E-state index contributed by atoms with van der Waals surface area (Å²) in [5.74, 6) is 0.788. The first kappa shape index (κ1) is 24.3. The molecule has 1 fully saturated rings. The van der Waals surface area contributed by atoms with Crippen molar-refractivity contribution in [2.24, 2.45) is 13.0 Å². The molecule has 35 heavy (non-hydrogen) atoms. The Balaban J connectivity index is 1.42. The van der Waals surface area contributed by atoms with E-state index in [1.807, 2.05) is 29.8 Å². The van der Waals surface area contributed by atoms with E-state index < -0.39 is 12.0 Å². The molecule has 0 radical (unpaired) electrons. The van der Waals surface area contributed by atoms with Crippen LogP contribution in [-0.4, -0.2) is 53.6 Å². The van der Waals surface area contributed by atoms with Crippen LogP contribution in [0.4, 0.5) is 4.39 Å². The molecule has 9 heteroatoms. The van der Waals surface area contributed by atoms with Gasteiger partial charge < -0.3 is 24.3 Å². The fourth-order valence-corrected chi connectivity index (χ4v) is 4.33. The van der Waals surface area contributed by atoms with Crippen LogP contribution in [0.5, 0.6) is 11.5 Å². The Morgan fingerprint density at radius 1 is 1.17 bits per heavy atom. The molecule has 2 unspecified atom stereocenters. The summed E-state index contributed by atoms with van der Waals surface area (Å²) in [5, 5.41) is 3.03. The van der Waals surface area contributed by atoms with Gasteiger partial charge in [0.2, 0.25) is 11.8 Å². The van der Waals surface area contributed by atoms with Crippen molar-refractivity contribution in [2.75, 3.05) is 27.3 Å². The minimum Gasteiger partial charge on any atom is -0.493 e. The SMILES string of the molecule is COc1ccc(CCN2CC(C(=O)NC(c3ccc(F)cc3)c3nccn3C)CC2=O)cc1OC. The molecule has 0 aliphatic carbocycles. The first-order valence-corrected chi connectivity index (χ1v) is 11.4. The second-order valence-corrected chi connectivity index (χ2v) is 8.57. The number of hydrogen-bond acceptors (Lipinski definition) is 5. The van der Waals surface area contributed by atoms with E-state index in [0.29, 0.717) is 42.4 Å². The summed E-state index contributed by atoms with van der Waals surface area (Å²) >= 11 is 0. The Bertz CT molecular complexity index is 1190. The first-order chi connectivity index (χ1) is 16.9. The Morgan fingerprint density at radius 2 is 1.91 bits per heavy atom. The van der Waals surface area contributed by atoms with Gasteiger partial charge in [-0.15, -0.1) is 0 Å². The summed E-state index contributed by atoms with van der Waals surface area (Å²) in [6.45, 7) is 0.841. The second-order valence-electron chi connectivity index (χ2n) is 8.57. The molecule has 1 saturated heterocycles. The van der Waals surface area contributed by atoms with Gasteiger partial charge in [-0.1, -0.05) is 18.2 Å². The standard InChI is InChI=1S/C26H29FN4O4/c1-30-13-11-28-25(30)24(18-5-7-20(27)8-6-18)29-26(33)19-15-23(32)31(16-19)12-10-17-4-9-21(34-2)22(14-17)35-3/h4-9,11,13-14,19,24H,10,12,15-16H2,1-3H3,(H,29,33). The minimum atomic E-state index is -0.556. The van der Waals surface area contributed by atoms with Gasteiger partial charge in [0.25, 0.3) is 0 Å². The predicted octanol–water partition coefficient (Wildman–Crippen LogP) is 2.87. The minimum absolute atomic E-state index is 0.0547. The van der Waals surface area contributed by atoms with E-state index in [4.69, 9.17) is 9.47 Å². The number of aryl methyl sites for hydroxylation is 1.